The Hall–Kier alpha value is -1.66. The number of rotatable bonds is 4. The second-order valence-electron chi connectivity index (χ2n) is 4.86. The average molecular weight is 282 g/mol. The molecular formula is C12H16ClN5O. The van der Waals surface area contributed by atoms with E-state index in [9.17, 15) is 0 Å². The third-order valence-corrected chi connectivity index (χ3v) is 3.18. The van der Waals surface area contributed by atoms with Crippen molar-refractivity contribution in [2.24, 2.45) is 0 Å². The van der Waals surface area contributed by atoms with Gasteiger partial charge in [-0.2, -0.15) is 0 Å². The first-order chi connectivity index (χ1) is 8.93. The molecule has 2 rings (SSSR count). The van der Waals surface area contributed by atoms with Crippen molar-refractivity contribution in [1.29, 1.82) is 0 Å². The number of nitrogen functional groups attached to an aromatic ring is 1. The fourth-order valence-corrected chi connectivity index (χ4v) is 1.85. The molecule has 0 saturated heterocycles. The summed E-state index contributed by atoms with van der Waals surface area (Å²) in [5.41, 5.74) is 6.72. The lowest BCUT2D eigenvalue weighted by molar-refractivity contribution is 0.00539. The van der Waals surface area contributed by atoms with Crippen LogP contribution in [0, 0.1) is 0 Å². The molecule has 0 aliphatic heterocycles. The Bertz CT molecular complexity index is 581. The van der Waals surface area contributed by atoms with Crippen LogP contribution in [0.15, 0.2) is 18.2 Å². The summed E-state index contributed by atoms with van der Waals surface area (Å²) in [5.74, 6) is 0.572. The molecule has 102 valence electrons. The Morgan fingerprint density at radius 2 is 2.16 bits per heavy atom. The molecule has 19 heavy (non-hydrogen) atoms. The van der Waals surface area contributed by atoms with Crippen molar-refractivity contribution in [2.45, 2.75) is 26.0 Å². The lowest BCUT2D eigenvalue weighted by Gasteiger charge is -2.22. The van der Waals surface area contributed by atoms with Gasteiger partial charge in [0, 0.05) is 18.4 Å². The molecule has 1 aromatic heterocycles. The van der Waals surface area contributed by atoms with E-state index < -0.39 is 0 Å². The second kappa shape index (κ2) is 5.14. The molecule has 0 aliphatic carbocycles. The van der Waals surface area contributed by atoms with Gasteiger partial charge in [0.25, 0.3) is 0 Å². The zero-order valence-electron chi connectivity index (χ0n) is 11.1. The maximum atomic E-state index is 6.17. The number of halogens is 1. The molecule has 6 nitrogen and oxygen atoms in total. The van der Waals surface area contributed by atoms with E-state index in [1.165, 1.54) is 0 Å². The predicted molar refractivity (Wildman–Crippen MR) is 73.8 cm³/mol. The summed E-state index contributed by atoms with van der Waals surface area (Å²) in [7, 11) is 1.65. The van der Waals surface area contributed by atoms with Crippen molar-refractivity contribution in [3.05, 3.63) is 23.2 Å². The minimum Gasteiger partial charge on any atom is -0.399 e. The average Bonchev–Trinajstić information content (AvgIpc) is 2.79. The fraction of sp³-hybridized carbons (Fsp3) is 0.417. The van der Waals surface area contributed by atoms with E-state index in [2.05, 4.69) is 15.5 Å². The van der Waals surface area contributed by atoms with Crippen LogP contribution in [0.1, 0.15) is 13.8 Å². The molecule has 0 radical (unpaired) electrons. The van der Waals surface area contributed by atoms with Crippen LogP contribution in [0.2, 0.25) is 5.02 Å². The quantitative estimate of drug-likeness (QED) is 0.867. The first kappa shape index (κ1) is 13.8. The van der Waals surface area contributed by atoms with Gasteiger partial charge in [0.2, 0.25) is 0 Å². The smallest absolute Gasteiger partial charge is 0.183 e. The summed E-state index contributed by atoms with van der Waals surface area (Å²) in [5, 5.41) is 12.2. The van der Waals surface area contributed by atoms with Crippen molar-refractivity contribution < 1.29 is 4.74 Å². The largest absolute Gasteiger partial charge is 0.399 e. The number of aromatic nitrogens is 4. The van der Waals surface area contributed by atoms with Crippen LogP contribution < -0.4 is 5.73 Å². The number of methoxy groups -OCH3 is 1. The van der Waals surface area contributed by atoms with E-state index in [0.717, 1.165) is 0 Å². The maximum Gasteiger partial charge on any atom is 0.183 e. The molecule has 1 heterocycles. The topological polar surface area (TPSA) is 78.8 Å². The number of hydrogen-bond donors (Lipinski definition) is 1. The molecule has 0 spiro atoms. The second-order valence-corrected chi connectivity index (χ2v) is 5.27. The number of tetrazole rings is 1. The van der Waals surface area contributed by atoms with Gasteiger partial charge in [-0.25, -0.2) is 4.68 Å². The van der Waals surface area contributed by atoms with E-state index in [0.29, 0.717) is 28.6 Å². The zero-order chi connectivity index (χ0) is 14.0. The molecule has 7 heteroatoms. The van der Waals surface area contributed by atoms with Crippen molar-refractivity contribution in [1.82, 2.24) is 20.2 Å². The minimum absolute atomic E-state index is 0.378. The van der Waals surface area contributed by atoms with Crippen LogP contribution in [-0.4, -0.2) is 32.9 Å². The van der Waals surface area contributed by atoms with E-state index in [1.807, 2.05) is 13.8 Å². The molecule has 0 bridgehead atoms. The lowest BCUT2D eigenvalue weighted by Crippen LogP contribution is -2.30. The van der Waals surface area contributed by atoms with Crippen LogP contribution in [0.25, 0.3) is 11.4 Å². The van der Waals surface area contributed by atoms with Crippen molar-refractivity contribution in [3.8, 4) is 11.4 Å². The fourth-order valence-electron chi connectivity index (χ4n) is 1.64. The molecule has 0 saturated carbocycles. The van der Waals surface area contributed by atoms with E-state index in [1.54, 1.807) is 30.0 Å². The van der Waals surface area contributed by atoms with Crippen LogP contribution >= 0.6 is 11.6 Å². The number of nitrogens with two attached hydrogens (primary N) is 1. The molecule has 0 amide bonds. The van der Waals surface area contributed by atoms with E-state index in [4.69, 9.17) is 22.1 Å². The molecular weight excluding hydrogens is 266 g/mol. The van der Waals surface area contributed by atoms with Crippen LogP contribution in [0.5, 0.6) is 0 Å². The van der Waals surface area contributed by atoms with Gasteiger partial charge in [0.15, 0.2) is 5.82 Å². The molecule has 0 atom stereocenters. The molecule has 0 aliphatic rings. The summed E-state index contributed by atoms with van der Waals surface area (Å²) in [4.78, 5) is 0. The van der Waals surface area contributed by atoms with Crippen LogP contribution in [0.3, 0.4) is 0 Å². The Kier molecular flexibility index (Phi) is 3.73. The van der Waals surface area contributed by atoms with Gasteiger partial charge in [0.1, 0.15) is 0 Å². The molecule has 1 aromatic carbocycles. The van der Waals surface area contributed by atoms with Gasteiger partial charge in [-0.05, 0) is 42.5 Å². The highest BCUT2D eigenvalue weighted by Crippen LogP contribution is 2.28. The molecule has 2 N–H and O–H groups in total. The SMILES string of the molecule is COC(C)(C)Cn1nnnc1-c1cc(N)ccc1Cl. The Labute approximate surface area is 116 Å². The number of hydrogen-bond acceptors (Lipinski definition) is 5. The minimum atomic E-state index is -0.378. The van der Waals surface area contributed by atoms with Gasteiger partial charge < -0.3 is 10.5 Å². The Morgan fingerprint density at radius 1 is 1.42 bits per heavy atom. The first-order valence-electron chi connectivity index (χ1n) is 5.80. The summed E-state index contributed by atoms with van der Waals surface area (Å²) in [6.45, 7) is 4.43. The van der Waals surface area contributed by atoms with Gasteiger partial charge in [-0.15, -0.1) is 5.10 Å². The lowest BCUT2D eigenvalue weighted by atomic mass is 10.1. The highest BCUT2D eigenvalue weighted by Gasteiger charge is 2.22. The number of nitrogens with zero attached hydrogens (tertiary/aromatic N) is 4. The molecule has 2 aromatic rings. The predicted octanol–water partition coefficient (Wildman–Crippen LogP) is 2.00. The van der Waals surface area contributed by atoms with Crippen molar-refractivity contribution in [3.63, 3.8) is 0 Å². The number of ether oxygens (including phenoxy) is 1. The third kappa shape index (κ3) is 3.02. The summed E-state index contributed by atoms with van der Waals surface area (Å²) >= 11 is 6.17. The van der Waals surface area contributed by atoms with Crippen molar-refractivity contribution >= 4 is 17.3 Å². The zero-order valence-corrected chi connectivity index (χ0v) is 11.8. The maximum absolute atomic E-state index is 6.17. The van der Waals surface area contributed by atoms with Gasteiger partial charge in [-0.3, -0.25) is 0 Å². The van der Waals surface area contributed by atoms with Gasteiger partial charge in [-0.1, -0.05) is 11.6 Å². The first-order valence-corrected chi connectivity index (χ1v) is 6.17. The Morgan fingerprint density at radius 3 is 2.84 bits per heavy atom. The Balaban J connectivity index is 2.42. The van der Waals surface area contributed by atoms with Gasteiger partial charge >= 0.3 is 0 Å². The molecule has 0 fully saturated rings. The van der Waals surface area contributed by atoms with E-state index in [-0.39, 0.29) is 5.60 Å². The highest BCUT2D eigenvalue weighted by molar-refractivity contribution is 6.33. The van der Waals surface area contributed by atoms with E-state index >= 15 is 0 Å². The third-order valence-electron chi connectivity index (χ3n) is 2.85. The molecule has 0 unspecified atom stereocenters. The summed E-state index contributed by atoms with van der Waals surface area (Å²) < 4.78 is 7.04. The van der Waals surface area contributed by atoms with Crippen LogP contribution in [-0.2, 0) is 11.3 Å². The monoisotopic (exact) mass is 281 g/mol. The van der Waals surface area contributed by atoms with Gasteiger partial charge in [0.05, 0.1) is 17.2 Å². The highest BCUT2D eigenvalue weighted by atomic mass is 35.5. The standard InChI is InChI=1S/C12H16ClN5O/c1-12(2,19-3)7-18-11(15-16-17-18)9-6-8(14)4-5-10(9)13/h4-6H,7,14H2,1-3H3. The van der Waals surface area contributed by atoms with Crippen LogP contribution in [0.4, 0.5) is 5.69 Å². The number of benzene rings is 1. The summed E-state index contributed by atoms with van der Waals surface area (Å²) in [6.07, 6.45) is 0. The normalized spacial score (nSPS) is 11.8. The number of anilines is 1. The van der Waals surface area contributed by atoms with Crippen molar-refractivity contribution in [2.75, 3.05) is 12.8 Å². The summed E-state index contributed by atoms with van der Waals surface area (Å²) in [6, 6.07) is 5.22.